The summed E-state index contributed by atoms with van der Waals surface area (Å²) in [5, 5.41) is 16.0. The van der Waals surface area contributed by atoms with Crippen LogP contribution in [0.15, 0.2) is 47.8 Å². The summed E-state index contributed by atoms with van der Waals surface area (Å²) in [5.41, 5.74) is 1.81. The molecule has 0 fully saturated rings. The number of imide groups is 1. The highest BCUT2D eigenvalue weighted by Crippen LogP contribution is 2.32. The molecule has 31 heavy (non-hydrogen) atoms. The number of carbonyl (C=O) groups is 3. The van der Waals surface area contributed by atoms with Gasteiger partial charge in [0.05, 0.1) is 16.2 Å². The molecule has 0 radical (unpaired) electrons. The molecular weight excluding hydrogens is 420 g/mol. The van der Waals surface area contributed by atoms with Crippen molar-refractivity contribution in [3.8, 4) is 11.3 Å². The van der Waals surface area contributed by atoms with Gasteiger partial charge in [0.15, 0.2) is 5.13 Å². The first-order valence-electron chi connectivity index (χ1n) is 9.27. The molecule has 1 aliphatic heterocycles. The SMILES string of the molecule is Cc1ccccc1-c1csc(NC(=O)C(C)N2C(=O)c3cccc([N+](=O)[O-])c3C2=O)n1. The number of fused-ring (bicyclic) bond motifs is 1. The van der Waals surface area contributed by atoms with Gasteiger partial charge < -0.3 is 5.32 Å². The van der Waals surface area contributed by atoms with Crippen molar-refractivity contribution in [1.29, 1.82) is 0 Å². The molecule has 1 N–H and O–H groups in total. The summed E-state index contributed by atoms with van der Waals surface area (Å²) in [6.45, 7) is 3.34. The minimum absolute atomic E-state index is 0.0880. The predicted molar refractivity (Wildman–Crippen MR) is 114 cm³/mol. The molecule has 1 aromatic heterocycles. The molecule has 10 heteroatoms. The number of rotatable bonds is 5. The number of nitrogens with zero attached hydrogens (tertiary/aromatic N) is 3. The molecular formula is C21H16N4O5S. The lowest BCUT2D eigenvalue weighted by Gasteiger charge is -2.20. The lowest BCUT2D eigenvalue weighted by molar-refractivity contribution is -0.385. The third-order valence-electron chi connectivity index (χ3n) is 5.04. The average Bonchev–Trinajstić information content (AvgIpc) is 3.30. The summed E-state index contributed by atoms with van der Waals surface area (Å²) in [7, 11) is 0. The Kier molecular flexibility index (Phi) is 5.07. The zero-order valence-electron chi connectivity index (χ0n) is 16.5. The first-order valence-corrected chi connectivity index (χ1v) is 10.1. The molecule has 0 aliphatic carbocycles. The summed E-state index contributed by atoms with van der Waals surface area (Å²) in [6, 6.07) is 10.3. The molecule has 1 aliphatic rings. The highest BCUT2D eigenvalue weighted by molar-refractivity contribution is 7.14. The monoisotopic (exact) mass is 436 g/mol. The molecule has 0 spiro atoms. The Morgan fingerprint density at radius 1 is 1.13 bits per heavy atom. The van der Waals surface area contributed by atoms with Gasteiger partial charge in [-0.2, -0.15) is 0 Å². The molecule has 4 rings (SSSR count). The van der Waals surface area contributed by atoms with Crippen LogP contribution in [0.3, 0.4) is 0 Å². The van der Waals surface area contributed by atoms with Crippen LogP contribution < -0.4 is 5.32 Å². The fourth-order valence-electron chi connectivity index (χ4n) is 3.43. The van der Waals surface area contributed by atoms with E-state index >= 15 is 0 Å². The highest BCUT2D eigenvalue weighted by atomic mass is 32.1. The maximum Gasteiger partial charge on any atom is 0.282 e. The number of benzene rings is 2. The smallest absolute Gasteiger partial charge is 0.282 e. The Labute approximate surface area is 180 Å². The third kappa shape index (κ3) is 3.46. The van der Waals surface area contributed by atoms with Crippen LogP contribution in [0.4, 0.5) is 10.8 Å². The van der Waals surface area contributed by atoms with Crippen LogP contribution >= 0.6 is 11.3 Å². The number of nitrogens with one attached hydrogen (secondary N) is 1. The third-order valence-corrected chi connectivity index (χ3v) is 5.80. The highest BCUT2D eigenvalue weighted by Gasteiger charge is 2.44. The zero-order chi connectivity index (χ0) is 22.3. The molecule has 156 valence electrons. The van der Waals surface area contributed by atoms with E-state index in [9.17, 15) is 24.5 Å². The number of aryl methyl sites for hydroxylation is 1. The molecule has 2 aromatic carbocycles. The van der Waals surface area contributed by atoms with Crippen LogP contribution in [0.2, 0.25) is 0 Å². The molecule has 0 saturated carbocycles. The average molecular weight is 436 g/mol. The van der Waals surface area contributed by atoms with E-state index in [2.05, 4.69) is 10.3 Å². The van der Waals surface area contributed by atoms with Crippen molar-refractivity contribution in [2.45, 2.75) is 19.9 Å². The van der Waals surface area contributed by atoms with E-state index in [0.29, 0.717) is 10.8 Å². The van der Waals surface area contributed by atoms with Crippen LogP contribution in [0.5, 0.6) is 0 Å². The molecule has 1 atom stereocenters. The quantitative estimate of drug-likeness (QED) is 0.370. The number of thiazole rings is 1. The minimum Gasteiger partial charge on any atom is -0.300 e. The number of nitro groups is 1. The van der Waals surface area contributed by atoms with Crippen LogP contribution in [0, 0.1) is 17.0 Å². The molecule has 0 bridgehead atoms. The van der Waals surface area contributed by atoms with Crippen LogP contribution in [-0.4, -0.2) is 38.6 Å². The summed E-state index contributed by atoms with van der Waals surface area (Å²) in [5.74, 6) is -2.23. The molecule has 0 saturated heterocycles. The summed E-state index contributed by atoms with van der Waals surface area (Å²) in [4.78, 5) is 53.9. The Balaban J connectivity index is 1.55. The number of aromatic nitrogens is 1. The van der Waals surface area contributed by atoms with E-state index in [1.807, 2.05) is 31.2 Å². The van der Waals surface area contributed by atoms with Crippen LogP contribution in [-0.2, 0) is 4.79 Å². The summed E-state index contributed by atoms with van der Waals surface area (Å²) in [6.07, 6.45) is 0. The first kappa shape index (κ1) is 20.4. The van der Waals surface area contributed by atoms with E-state index in [-0.39, 0.29) is 11.1 Å². The van der Waals surface area contributed by atoms with Crippen molar-refractivity contribution in [2.75, 3.05) is 5.32 Å². The summed E-state index contributed by atoms with van der Waals surface area (Å²) < 4.78 is 0. The van der Waals surface area contributed by atoms with Crippen molar-refractivity contribution in [2.24, 2.45) is 0 Å². The molecule has 1 unspecified atom stereocenters. The van der Waals surface area contributed by atoms with Gasteiger partial charge in [-0.25, -0.2) is 4.98 Å². The Bertz CT molecular complexity index is 1250. The second-order valence-electron chi connectivity index (χ2n) is 6.96. The second kappa shape index (κ2) is 7.73. The van der Waals surface area contributed by atoms with Crippen molar-refractivity contribution in [3.05, 3.63) is 74.6 Å². The normalized spacial score (nSPS) is 13.8. The molecule has 3 aromatic rings. The van der Waals surface area contributed by atoms with Gasteiger partial charge in [-0.15, -0.1) is 11.3 Å². The van der Waals surface area contributed by atoms with E-state index in [4.69, 9.17) is 0 Å². The Morgan fingerprint density at radius 2 is 1.84 bits per heavy atom. The van der Waals surface area contributed by atoms with Gasteiger partial charge in [-0.05, 0) is 25.5 Å². The Morgan fingerprint density at radius 3 is 2.55 bits per heavy atom. The van der Waals surface area contributed by atoms with Gasteiger partial charge >= 0.3 is 0 Å². The fourth-order valence-corrected chi connectivity index (χ4v) is 4.15. The second-order valence-corrected chi connectivity index (χ2v) is 7.81. The van der Waals surface area contributed by atoms with Crippen molar-refractivity contribution >= 4 is 39.9 Å². The molecule has 9 nitrogen and oxygen atoms in total. The molecule has 2 heterocycles. The lowest BCUT2D eigenvalue weighted by atomic mass is 10.1. The van der Waals surface area contributed by atoms with E-state index < -0.39 is 34.4 Å². The van der Waals surface area contributed by atoms with E-state index in [1.165, 1.54) is 30.4 Å². The van der Waals surface area contributed by atoms with Crippen molar-refractivity contribution in [3.63, 3.8) is 0 Å². The predicted octanol–water partition coefficient (Wildman–Crippen LogP) is 3.65. The fraction of sp³-hybridized carbons (Fsp3) is 0.143. The van der Waals surface area contributed by atoms with Crippen LogP contribution in [0.25, 0.3) is 11.3 Å². The van der Waals surface area contributed by atoms with Gasteiger partial charge in [0, 0.05) is 17.0 Å². The van der Waals surface area contributed by atoms with E-state index in [1.54, 1.807) is 5.38 Å². The standard InChI is InChI=1S/C21H16N4O5S/c1-11-6-3-4-7-13(11)15-10-31-21(22-15)23-18(26)12(2)24-19(27)14-8-5-9-16(25(29)30)17(14)20(24)28/h3-10,12H,1-2H3,(H,22,23,26). The van der Waals surface area contributed by atoms with Gasteiger partial charge in [-0.1, -0.05) is 30.3 Å². The Hall–Kier alpha value is -3.92. The summed E-state index contributed by atoms with van der Waals surface area (Å²) >= 11 is 1.22. The topological polar surface area (TPSA) is 123 Å². The minimum atomic E-state index is -1.18. The van der Waals surface area contributed by atoms with E-state index in [0.717, 1.165) is 22.1 Å². The van der Waals surface area contributed by atoms with Crippen LogP contribution in [0.1, 0.15) is 33.2 Å². The van der Waals surface area contributed by atoms with Gasteiger partial charge in [0.1, 0.15) is 11.6 Å². The zero-order valence-corrected chi connectivity index (χ0v) is 17.3. The van der Waals surface area contributed by atoms with Crippen molar-refractivity contribution in [1.82, 2.24) is 9.88 Å². The lowest BCUT2D eigenvalue weighted by Crippen LogP contribution is -2.45. The number of anilines is 1. The number of nitro benzene ring substituents is 1. The number of hydrogen-bond acceptors (Lipinski definition) is 7. The number of hydrogen-bond donors (Lipinski definition) is 1. The number of amides is 3. The van der Waals surface area contributed by atoms with Gasteiger partial charge in [0.2, 0.25) is 5.91 Å². The molecule has 3 amide bonds. The largest absolute Gasteiger partial charge is 0.300 e. The van der Waals surface area contributed by atoms with Gasteiger partial charge in [-0.3, -0.25) is 29.4 Å². The maximum atomic E-state index is 12.8. The number of carbonyl (C=O) groups excluding carboxylic acids is 3. The maximum absolute atomic E-state index is 12.8. The first-order chi connectivity index (χ1) is 14.8. The van der Waals surface area contributed by atoms with Gasteiger partial charge in [0.25, 0.3) is 17.5 Å². The van der Waals surface area contributed by atoms with Crippen molar-refractivity contribution < 1.29 is 19.3 Å².